The van der Waals surface area contributed by atoms with E-state index in [2.05, 4.69) is 21.9 Å². The Morgan fingerprint density at radius 3 is 3.00 bits per heavy atom. The molecule has 5 nitrogen and oxygen atoms in total. The van der Waals surface area contributed by atoms with Gasteiger partial charge in [0.2, 0.25) is 5.28 Å². The molecule has 96 valence electrons. The van der Waals surface area contributed by atoms with Crippen molar-refractivity contribution in [2.24, 2.45) is 5.92 Å². The summed E-state index contributed by atoms with van der Waals surface area (Å²) in [6, 6.07) is 0.214. The SMILES string of the molecule is C[C@@H]1CCCC[C@@H]1n1c(=O)[nH]c2cnc(Cl)nc21. The van der Waals surface area contributed by atoms with Crippen LogP contribution in [0.3, 0.4) is 0 Å². The Kier molecular flexibility index (Phi) is 2.86. The van der Waals surface area contributed by atoms with Crippen LogP contribution in [0.4, 0.5) is 0 Å². The Labute approximate surface area is 109 Å². The molecular weight excluding hydrogens is 252 g/mol. The quantitative estimate of drug-likeness (QED) is 0.807. The summed E-state index contributed by atoms with van der Waals surface area (Å²) in [7, 11) is 0. The number of nitrogens with one attached hydrogen (secondary N) is 1. The van der Waals surface area contributed by atoms with E-state index in [9.17, 15) is 4.79 Å². The van der Waals surface area contributed by atoms with Crippen molar-refractivity contribution in [3.05, 3.63) is 22.0 Å². The Balaban J connectivity index is 2.18. The van der Waals surface area contributed by atoms with Gasteiger partial charge in [-0.05, 0) is 30.4 Å². The van der Waals surface area contributed by atoms with Crippen molar-refractivity contribution < 1.29 is 0 Å². The standard InChI is InChI=1S/C12H15ClN4O/c1-7-4-2-3-5-9(7)17-10-8(15-12(17)18)6-14-11(13)16-10/h6-7,9H,2-5H2,1H3,(H,15,18)/t7-,9+/m1/s1. The molecule has 0 aromatic carbocycles. The van der Waals surface area contributed by atoms with Gasteiger partial charge < -0.3 is 4.98 Å². The first-order valence-electron chi connectivity index (χ1n) is 6.29. The van der Waals surface area contributed by atoms with Gasteiger partial charge in [0.05, 0.1) is 6.20 Å². The van der Waals surface area contributed by atoms with E-state index in [0.717, 1.165) is 19.3 Å². The lowest BCUT2D eigenvalue weighted by Crippen LogP contribution is -2.29. The number of rotatable bonds is 1. The first-order valence-corrected chi connectivity index (χ1v) is 6.67. The highest BCUT2D eigenvalue weighted by Crippen LogP contribution is 2.33. The highest BCUT2D eigenvalue weighted by molar-refractivity contribution is 6.28. The Morgan fingerprint density at radius 2 is 2.22 bits per heavy atom. The molecule has 1 aliphatic carbocycles. The van der Waals surface area contributed by atoms with E-state index in [-0.39, 0.29) is 17.0 Å². The van der Waals surface area contributed by atoms with E-state index in [1.54, 1.807) is 10.8 Å². The number of nitrogens with zero attached hydrogens (tertiary/aromatic N) is 3. The fourth-order valence-corrected chi connectivity index (χ4v) is 3.01. The van der Waals surface area contributed by atoms with E-state index in [1.807, 2.05) is 0 Å². The molecule has 1 saturated carbocycles. The summed E-state index contributed by atoms with van der Waals surface area (Å²) >= 11 is 5.82. The van der Waals surface area contributed by atoms with Crippen LogP contribution in [0.25, 0.3) is 11.2 Å². The molecule has 0 radical (unpaired) electrons. The molecule has 0 amide bonds. The lowest BCUT2D eigenvalue weighted by atomic mass is 9.86. The van der Waals surface area contributed by atoms with E-state index in [1.165, 1.54) is 6.42 Å². The van der Waals surface area contributed by atoms with Crippen LogP contribution < -0.4 is 5.69 Å². The zero-order valence-corrected chi connectivity index (χ0v) is 10.9. The molecular formula is C12H15ClN4O. The second kappa shape index (κ2) is 4.39. The van der Waals surface area contributed by atoms with Crippen LogP contribution in [0.15, 0.2) is 11.0 Å². The van der Waals surface area contributed by atoms with Crippen LogP contribution >= 0.6 is 11.6 Å². The summed E-state index contributed by atoms with van der Waals surface area (Å²) in [5.41, 5.74) is 1.17. The van der Waals surface area contributed by atoms with Crippen LogP contribution in [0.2, 0.25) is 5.28 Å². The highest BCUT2D eigenvalue weighted by Gasteiger charge is 2.26. The van der Waals surface area contributed by atoms with E-state index < -0.39 is 0 Å². The zero-order chi connectivity index (χ0) is 12.7. The van der Waals surface area contributed by atoms with Crippen molar-refractivity contribution in [1.82, 2.24) is 19.5 Å². The number of hydrogen-bond donors (Lipinski definition) is 1. The molecule has 2 heterocycles. The topological polar surface area (TPSA) is 63.6 Å². The molecule has 1 aliphatic rings. The lowest BCUT2D eigenvalue weighted by molar-refractivity contribution is 0.257. The second-order valence-corrected chi connectivity index (χ2v) is 5.34. The third-order valence-corrected chi connectivity index (χ3v) is 4.01. The molecule has 2 atom stereocenters. The number of aromatic nitrogens is 4. The highest BCUT2D eigenvalue weighted by atomic mass is 35.5. The summed E-state index contributed by atoms with van der Waals surface area (Å²) < 4.78 is 1.76. The average molecular weight is 267 g/mol. The van der Waals surface area contributed by atoms with Gasteiger partial charge in [0.25, 0.3) is 0 Å². The maximum atomic E-state index is 12.1. The van der Waals surface area contributed by atoms with Gasteiger partial charge >= 0.3 is 5.69 Å². The van der Waals surface area contributed by atoms with Gasteiger partial charge in [-0.25, -0.2) is 9.78 Å². The molecule has 6 heteroatoms. The van der Waals surface area contributed by atoms with Gasteiger partial charge in [0, 0.05) is 6.04 Å². The summed E-state index contributed by atoms with van der Waals surface area (Å²) in [5, 5.41) is 0.179. The molecule has 18 heavy (non-hydrogen) atoms. The molecule has 0 unspecified atom stereocenters. The maximum absolute atomic E-state index is 12.1. The van der Waals surface area contributed by atoms with Gasteiger partial charge in [-0.1, -0.05) is 19.8 Å². The van der Waals surface area contributed by atoms with Gasteiger partial charge in [0.1, 0.15) is 5.52 Å². The predicted molar refractivity (Wildman–Crippen MR) is 69.8 cm³/mol. The largest absolute Gasteiger partial charge is 0.327 e. The Hall–Kier alpha value is -1.36. The fourth-order valence-electron chi connectivity index (χ4n) is 2.88. The maximum Gasteiger partial charge on any atom is 0.327 e. The molecule has 1 fully saturated rings. The lowest BCUT2D eigenvalue weighted by Gasteiger charge is -2.29. The summed E-state index contributed by atoms with van der Waals surface area (Å²) in [4.78, 5) is 23.0. The van der Waals surface area contributed by atoms with Crippen molar-refractivity contribution >= 4 is 22.8 Å². The number of imidazole rings is 1. The van der Waals surface area contributed by atoms with Crippen LogP contribution in [0.1, 0.15) is 38.6 Å². The van der Waals surface area contributed by atoms with Crippen LogP contribution in [0.5, 0.6) is 0 Å². The number of H-pyrrole nitrogens is 1. The third kappa shape index (κ3) is 1.82. The summed E-state index contributed by atoms with van der Waals surface area (Å²) in [6.07, 6.45) is 6.14. The Morgan fingerprint density at radius 1 is 1.44 bits per heavy atom. The minimum Gasteiger partial charge on any atom is -0.303 e. The Bertz CT molecular complexity index is 633. The summed E-state index contributed by atoms with van der Waals surface area (Å²) in [5.74, 6) is 0.490. The van der Waals surface area contributed by atoms with Gasteiger partial charge in [-0.3, -0.25) is 4.57 Å². The molecule has 0 bridgehead atoms. The monoisotopic (exact) mass is 266 g/mol. The zero-order valence-electron chi connectivity index (χ0n) is 10.2. The van der Waals surface area contributed by atoms with Crippen LogP contribution in [-0.2, 0) is 0 Å². The van der Waals surface area contributed by atoms with Crippen molar-refractivity contribution in [1.29, 1.82) is 0 Å². The summed E-state index contributed by atoms with van der Waals surface area (Å²) in [6.45, 7) is 2.19. The molecule has 0 saturated heterocycles. The molecule has 1 N–H and O–H groups in total. The second-order valence-electron chi connectivity index (χ2n) is 5.01. The fraction of sp³-hybridized carbons (Fsp3) is 0.583. The number of aromatic amines is 1. The first-order chi connectivity index (χ1) is 8.66. The van der Waals surface area contributed by atoms with Gasteiger partial charge in [-0.2, -0.15) is 4.98 Å². The minimum atomic E-state index is -0.111. The molecule has 0 aliphatic heterocycles. The predicted octanol–water partition coefficient (Wildman–Crippen LogP) is 2.52. The smallest absolute Gasteiger partial charge is 0.303 e. The molecule has 2 aromatic rings. The number of hydrogen-bond acceptors (Lipinski definition) is 3. The normalized spacial score (nSPS) is 24.6. The first kappa shape index (κ1) is 11.7. The third-order valence-electron chi connectivity index (χ3n) is 3.83. The van der Waals surface area contributed by atoms with Crippen LogP contribution in [0, 0.1) is 5.92 Å². The molecule has 2 aromatic heterocycles. The van der Waals surface area contributed by atoms with Gasteiger partial charge in [0.15, 0.2) is 5.65 Å². The minimum absolute atomic E-state index is 0.111. The van der Waals surface area contributed by atoms with Crippen molar-refractivity contribution in [2.75, 3.05) is 0 Å². The van der Waals surface area contributed by atoms with E-state index in [0.29, 0.717) is 17.1 Å². The van der Waals surface area contributed by atoms with Gasteiger partial charge in [-0.15, -0.1) is 0 Å². The van der Waals surface area contributed by atoms with Crippen molar-refractivity contribution in [3.8, 4) is 0 Å². The molecule has 0 spiro atoms. The van der Waals surface area contributed by atoms with Crippen molar-refractivity contribution in [2.45, 2.75) is 38.6 Å². The van der Waals surface area contributed by atoms with E-state index in [4.69, 9.17) is 11.6 Å². The van der Waals surface area contributed by atoms with E-state index >= 15 is 0 Å². The van der Waals surface area contributed by atoms with Crippen LogP contribution in [-0.4, -0.2) is 19.5 Å². The van der Waals surface area contributed by atoms with Crippen molar-refractivity contribution in [3.63, 3.8) is 0 Å². The number of fused-ring (bicyclic) bond motifs is 1. The number of halogens is 1. The average Bonchev–Trinajstić information content (AvgIpc) is 2.66. The molecule has 3 rings (SSSR count).